The molecule has 1 aliphatic rings. The van der Waals surface area contributed by atoms with Crippen LogP contribution in [0.15, 0.2) is 54.0 Å². The summed E-state index contributed by atoms with van der Waals surface area (Å²) in [5, 5.41) is 3.70. The predicted octanol–water partition coefficient (Wildman–Crippen LogP) is 4.61. The lowest BCUT2D eigenvalue weighted by Gasteiger charge is -2.36. The van der Waals surface area contributed by atoms with Crippen molar-refractivity contribution in [2.45, 2.75) is 25.4 Å². The van der Waals surface area contributed by atoms with Gasteiger partial charge in [0, 0.05) is 24.7 Å². The van der Waals surface area contributed by atoms with E-state index in [0.29, 0.717) is 52.1 Å². The Balaban J connectivity index is 1.45. The number of aromatic nitrogens is 4. The molecule has 1 aliphatic heterocycles. The topological polar surface area (TPSA) is 133 Å². The standard InChI is InChI=1S/C27H28F2N8O3/c1-16-10-17(4-6-19(16)39-23-11-22(31-13-30)33-15-34-23)36-26-24-18(32-14-35-26)5-7-20(38-3)25(24)40-21-8-9-37(2)12-27(21,28)29/h4-7,10-11,13-15,21H,8-9,12H2,1-3H3,(H,32,35,36)(H2,30,31,33,34)/t21-/m0/s1. The number of piperidine rings is 1. The van der Waals surface area contributed by atoms with Gasteiger partial charge in [-0.3, -0.25) is 0 Å². The van der Waals surface area contributed by atoms with Crippen LogP contribution < -0.4 is 25.3 Å². The van der Waals surface area contributed by atoms with Gasteiger partial charge in [0.15, 0.2) is 23.4 Å². The normalized spacial score (nSPS) is 17.2. The van der Waals surface area contributed by atoms with Crippen LogP contribution in [-0.4, -0.2) is 70.4 Å². The number of hydrogen-bond donors (Lipinski definition) is 2. The van der Waals surface area contributed by atoms with Crippen LogP contribution in [0.3, 0.4) is 0 Å². The molecule has 0 radical (unpaired) electrons. The third kappa shape index (κ3) is 5.69. The number of fused-ring (bicyclic) bond motifs is 1. The molecule has 0 unspecified atom stereocenters. The Morgan fingerprint density at radius 3 is 2.65 bits per heavy atom. The van der Waals surface area contributed by atoms with E-state index in [2.05, 4.69) is 30.2 Å². The van der Waals surface area contributed by atoms with Crippen molar-refractivity contribution in [3.05, 3.63) is 54.6 Å². The average Bonchev–Trinajstić information content (AvgIpc) is 2.92. The molecule has 5 rings (SSSR count). The zero-order chi connectivity index (χ0) is 28.3. The number of methoxy groups -OCH3 is 1. The van der Waals surface area contributed by atoms with Gasteiger partial charge in [0.05, 0.1) is 30.9 Å². The van der Waals surface area contributed by atoms with Gasteiger partial charge in [0.25, 0.3) is 5.92 Å². The van der Waals surface area contributed by atoms with Crippen molar-refractivity contribution in [2.24, 2.45) is 10.7 Å². The highest BCUT2D eigenvalue weighted by Crippen LogP contribution is 2.42. The van der Waals surface area contributed by atoms with Gasteiger partial charge in [-0.05, 0) is 49.9 Å². The van der Waals surface area contributed by atoms with Crippen molar-refractivity contribution >= 4 is 34.6 Å². The van der Waals surface area contributed by atoms with E-state index in [1.807, 2.05) is 13.0 Å². The van der Waals surface area contributed by atoms with E-state index < -0.39 is 18.6 Å². The molecule has 208 valence electrons. The monoisotopic (exact) mass is 550 g/mol. The largest absolute Gasteiger partial charge is 0.493 e. The average molecular weight is 551 g/mol. The molecular weight excluding hydrogens is 522 g/mol. The molecule has 11 nitrogen and oxygen atoms in total. The molecule has 0 aliphatic carbocycles. The van der Waals surface area contributed by atoms with Gasteiger partial charge in [-0.1, -0.05) is 0 Å². The van der Waals surface area contributed by atoms with Crippen molar-refractivity contribution in [2.75, 3.05) is 32.6 Å². The van der Waals surface area contributed by atoms with E-state index in [1.165, 1.54) is 19.8 Å². The highest BCUT2D eigenvalue weighted by Gasteiger charge is 2.46. The third-order valence-electron chi connectivity index (χ3n) is 6.41. The number of ether oxygens (including phenoxy) is 3. The number of nitrogens with one attached hydrogen (secondary N) is 1. The summed E-state index contributed by atoms with van der Waals surface area (Å²) in [6.07, 6.45) is 2.70. The summed E-state index contributed by atoms with van der Waals surface area (Å²) in [6.45, 7) is 1.97. The SMILES string of the molecule is COc1ccc2ncnc(Nc3ccc(Oc4cc(N=CN)ncn4)c(C)c3)c2c1O[C@H]1CCN(C)CC1(F)F. The number of rotatable bonds is 8. The van der Waals surface area contributed by atoms with Gasteiger partial charge < -0.3 is 30.2 Å². The van der Waals surface area contributed by atoms with E-state index in [0.717, 1.165) is 11.9 Å². The summed E-state index contributed by atoms with van der Waals surface area (Å²) in [4.78, 5) is 22.3. The zero-order valence-corrected chi connectivity index (χ0v) is 22.1. The van der Waals surface area contributed by atoms with E-state index in [1.54, 1.807) is 42.3 Å². The van der Waals surface area contributed by atoms with E-state index in [4.69, 9.17) is 19.9 Å². The van der Waals surface area contributed by atoms with Gasteiger partial charge in [-0.15, -0.1) is 0 Å². The maximum atomic E-state index is 14.9. The third-order valence-corrected chi connectivity index (χ3v) is 6.41. The number of hydrogen-bond acceptors (Lipinski definition) is 10. The summed E-state index contributed by atoms with van der Waals surface area (Å²) < 4.78 is 47.2. The summed E-state index contributed by atoms with van der Waals surface area (Å²) in [5.74, 6) is -0.960. The molecule has 1 atom stereocenters. The van der Waals surface area contributed by atoms with Crippen molar-refractivity contribution in [1.82, 2.24) is 24.8 Å². The van der Waals surface area contributed by atoms with Crippen molar-refractivity contribution < 1.29 is 23.0 Å². The van der Waals surface area contributed by atoms with Crippen LogP contribution in [0.25, 0.3) is 10.9 Å². The maximum absolute atomic E-state index is 14.9. The first-order valence-corrected chi connectivity index (χ1v) is 12.4. The summed E-state index contributed by atoms with van der Waals surface area (Å²) in [5.41, 5.74) is 7.32. The molecule has 2 aromatic heterocycles. The molecule has 40 heavy (non-hydrogen) atoms. The van der Waals surface area contributed by atoms with Gasteiger partial charge in [-0.25, -0.2) is 33.7 Å². The fraction of sp³-hybridized carbons (Fsp3) is 0.296. The second-order valence-corrected chi connectivity index (χ2v) is 9.31. The number of aliphatic imine (C=N–C) groups is 1. The number of benzene rings is 2. The molecule has 1 saturated heterocycles. The Labute approximate surface area is 229 Å². The number of halogens is 2. The zero-order valence-electron chi connectivity index (χ0n) is 22.1. The molecule has 0 bridgehead atoms. The molecule has 0 amide bonds. The Bertz CT molecular complexity index is 1550. The minimum absolute atomic E-state index is 0.159. The van der Waals surface area contributed by atoms with Gasteiger partial charge >= 0.3 is 0 Å². The summed E-state index contributed by atoms with van der Waals surface area (Å²) in [6, 6.07) is 10.4. The lowest BCUT2D eigenvalue weighted by molar-refractivity contribution is -0.135. The van der Waals surface area contributed by atoms with E-state index in [9.17, 15) is 8.78 Å². The molecule has 0 spiro atoms. The smallest absolute Gasteiger partial charge is 0.296 e. The van der Waals surface area contributed by atoms with Crippen LogP contribution >= 0.6 is 0 Å². The van der Waals surface area contributed by atoms with Crippen LogP contribution in [-0.2, 0) is 0 Å². The Hall–Kier alpha value is -4.65. The second kappa shape index (κ2) is 11.2. The highest BCUT2D eigenvalue weighted by atomic mass is 19.3. The fourth-order valence-corrected chi connectivity index (χ4v) is 4.48. The number of alkyl halides is 2. The van der Waals surface area contributed by atoms with Gasteiger partial charge in [-0.2, -0.15) is 0 Å². The fourth-order valence-electron chi connectivity index (χ4n) is 4.48. The lowest BCUT2D eigenvalue weighted by Crippen LogP contribution is -2.52. The van der Waals surface area contributed by atoms with Crippen molar-refractivity contribution in [1.29, 1.82) is 0 Å². The molecule has 4 aromatic rings. The van der Waals surface area contributed by atoms with Gasteiger partial charge in [0.1, 0.15) is 24.2 Å². The van der Waals surface area contributed by atoms with E-state index >= 15 is 0 Å². The number of anilines is 2. The second-order valence-electron chi connectivity index (χ2n) is 9.31. The molecule has 2 aromatic carbocycles. The summed E-state index contributed by atoms with van der Waals surface area (Å²) >= 11 is 0. The lowest BCUT2D eigenvalue weighted by atomic mass is 10.0. The molecule has 13 heteroatoms. The molecular formula is C27H28F2N8O3. The Morgan fingerprint density at radius 1 is 1.10 bits per heavy atom. The number of likely N-dealkylation sites (tertiary alicyclic amines) is 1. The minimum Gasteiger partial charge on any atom is -0.493 e. The first-order valence-electron chi connectivity index (χ1n) is 12.4. The number of nitrogens with zero attached hydrogens (tertiary/aromatic N) is 6. The molecule has 1 fully saturated rings. The minimum atomic E-state index is -3.04. The quantitative estimate of drug-likeness (QED) is 0.237. The van der Waals surface area contributed by atoms with Crippen molar-refractivity contribution in [3.63, 3.8) is 0 Å². The van der Waals surface area contributed by atoms with Crippen LogP contribution in [0.2, 0.25) is 0 Å². The number of nitrogens with two attached hydrogens (primary N) is 1. The van der Waals surface area contributed by atoms with Crippen LogP contribution in [0.1, 0.15) is 12.0 Å². The van der Waals surface area contributed by atoms with E-state index in [-0.39, 0.29) is 12.2 Å². The van der Waals surface area contributed by atoms with Gasteiger partial charge in [0.2, 0.25) is 5.88 Å². The Morgan fingerprint density at radius 2 is 1.90 bits per heavy atom. The first kappa shape index (κ1) is 26.9. The molecule has 3 N–H and O–H groups in total. The molecule has 0 saturated carbocycles. The molecule has 3 heterocycles. The summed E-state index contributed by atoms with van der Waals surface area (Å²) in [7, 11) is 3.13. The maximum Gasteiger partial charge on any atom is 0.296 e. The number of aryl methyl sites for hydroxylation is 1. The Kier molecular flexibility index (Phi) is 7.56. The van der Waals surface area contributed by atoms with Crippen molar-refractivity contribution in [3.8, 4) is 23.1 Å². The first-order chi connectivity index (χ1) is 19.3. The van der Waals surface area contributed by atoms with Crippen LogP contribution in [0, 0.1) is 6.92 Å². The van der Waals surface area contributed by atoms with Crippen LogP contribution in [0.4, 0.5) is 26.1 Å². The highest BCUT2D eigenvalue weighted by molar-refractivity contribution is 5.97. The van der Waals surface area contributed by atoms with Crippen LogP contribution in [0.5, 0.6) is 23.1 Å². The predicted molar refractivity (Wildman–Crippen MR) is 146 cm³/mol.